The van der Waals surface area contributed by atoms with Crippen LogP contribution in [0.1, 0.15) is 30.9 Å². The minimum absolute atomic E-state index is 0.530. The highest BCUT2D eigenvalue weighted by atomic mass is 127. The van der Waals surface area contributed by atoms with Gasteiger partial charge in [-0.05, 0) is 77.5 Å². The van der Waals surface area contributed by atoms with Gasteiger partial charge in [0, 0.05) is 21.3 Å². The summed E-state index contributed by atoms with van der Waals surface area (Å²) in [5.41, 5.74) is 1.98. The SMILES string of the molecule is CCCCOCCOCCOc1ccc(C#Cc2ccc(I)cc2)cc1. The summed E-state index contributed by atoms with van der Waals surface area (Å²) in [6.45, 7) is 5.32. The van der Waals surface area contributed by atoms with Crippen molar-refractivity contribution >= 4 is 22.6 Å². The lowest BCUT2D eigenvalue weighted by atomic mass is 10.2. The van der Waals surface area contributed by atoms with Gasteiger partial charge in [-0.15, -0.1) is 0 Å². The maximum Gasteiger partial charge on any atom is 0.119 e. The number of benzene rings is 2. The van der Waals surface area contributed by atoms with Crippen LogP contribution >= 0.6 is 22.6 Å². The average Bonchev–Trinajstić information content (AvgIpc) is 2.67. The molecule has 26 heavy (non-hydrogen) atoms. The van der Waals surface area contributed by atoms with E-state index in [1.165, 1.54) is 3.57 Å². The van der Waals surface area contributed by atoms with E-state index in [0.717, 1.165) is 36.3 Å². The summed E-state index contributed by atoms with van der Waals surface area (Å²) >= 11 is 2.29. The van der Waals surface area contributed by atoms with Gasteiger partial charge in [0.2, 0.25) is 0 Å². The van der Waals surface area contributed by atoms with E-state index in [-0.39, 0.29) is 0 Å². The van der Waals surface area contributed by atoms with E-state index in [1.807, 2.05) is 36.4 Å². The number of halogens is 1. The second-order valence-electron chi connectivity index (χ2n) is 5.71. The molecular formula is C22H25IO3. The molecule has 2 rings (SSSR count). The topological polar surface area (TPSA) is 27.7 Å². The molecule has 138 valence electrons. The monoisotopic (exact) mass is 464 g/mol. The van der Waals surface area contributed by atoms with Crippen molar-refractivity contribution in [2.75, 3.05) is 33.0 Å². The quantitative estimate of drug-likeness (QED) is 0.284. The van der Waals surface area contributed by atoms with Gasteiger partial charge in [0.1, 0.15) is 12.4 Å². The van der Waals surface area contributed by atoms with Gasteiger partial charge in [0.15, 0.2) is 0 Å². The predicted molar refractivity (Wildman–Crippen MR) is 114 cm³/mol. The second-order valence-corrected chi connectivity index (χ2v) is 6.95. The Hall–Kier alpha value is -1.55. The molecule has 0 amide bonds. The summed E-state index contributed by atoms with van der Waals surface area (Å²) in [5.74, 6) is 7.16. The van der Waals surface area contributed by atoms with E-state index >= 15 is 0 Å². The van der Waals surface area contributed by atoms with E-state index in [1.54, 1.807) is 0 Å². The van der Waals surface area contributed by atoms with Crippen molar-refractivity contribution in [2.24, 2.45) is 0 Å². The van der Waals surface area contributed by atoms with Crippen LogP contribution in [-0.2, 0) is 9.47 Å². The Kier molecular flexibility index (Phi) is 10.2. The van der Waals surface area contributed by atoms with Crippen LogP contribution in [0.4, 0.5) is 0 Å². The molecule has 0 aliphatic rings. The van der Waals surface area contributed by atoms with Gasteiger partial charge in [0.05, 0.1) is 19.8 Å². The normalized spacial score (nSPS) is 10.2. The van der Waals surface area contributed by atoms with Crippen LogP contribution in [0.5, 0.6) is 5.75 Å². The second kappa shape index (κ2) is 12.7. The molecule has 0 unspecified atom stereocenters. The van der Waals surface area contributed by atoms with Gasteiger partial charge in [-0.2, -0.15) is 0 Å². The van der Waals surface area contributed by atoms with Crippen LogP contribution in [-0.4, -0.2) is 33.0 Å². The summed E-state index contributed by atoms with van der Waals surface area (Å²) in [5, 5.41) is 0. The van der Waals surface area contributed by atoms with Crippen LogP contribution in [0, 0.1) is 15.4 Å². The maximum atomic E-state index is 5.67. The standard InChI is InChI=1S/C22H25IO3/c1-2-3-14-24-15-16-25-17-18-26-22-12-8-20(9-13-22)5-4-19-6-10-21(23)11-7-19/h6-13H,2-3,14-18H2,1H3. The van der Waals surface area contributed by atoms with E-state index in [0.29, 0.717) is 26.4 Å². The summed E-state index contributed by atoms with van der Waals surface area (Å²) < 4.78 is 17.8. The molecule has 0 saturated heterocycles. The first kappa shape index (κ1) is 20.8. The summed E-state index contributed by atoms with van der Waals surface area (Å²) in [4.78, 5) is 0. The number of unbranched alkanes of at least 4 members (excludes halogenated alkanes) is 1. The van der Waals surface area contributed by atoms with Crippen LogP contribution in [0.15, 0.2) is 48.5 Å². The van der Waals surface area contributed by atoms with Crippen LogP contribution in [0.3, 0.4) is 0 Å². The van der Waals surface area contributed by atoms with Gasteiger partial charge in [-0.3, -0.25) is 0 Å². The summed E-state index contributed by atoms with van der Waals surface area (Å²) in [7, 11) is 0. The first-order valence-electron chi connectivity index (χ1n) is 8.94. The van der Waals surface area contributed by atoms with E-state index in [9.17, 15) is 0 Å². The van der Waals surface area contributed by atoms with Crippen molar-refractivity contribution in [1.82, 2.24) is 0 Å². The van der Waals surface area contributed by atoms with Gasteiger partial charge < -0.3 is 14.2 Å². The zero-order valence-electron chi connectivity index (χ0n) is 15.2. The lowest BCUT2D eigenvalue weighted by Gasteiger charge is -2.07. The van der Waals surface area contributed by atoms with Crippen LogP contribution < -0.4 is 4.74 Å². The van der Waals surface area contributed by atoms with Crippen molar-refractivity contribution in [1.29, 1.82) is 0 Å². The highest BCUT2D eigenvalue weighted by molar-refractivity contribution is 14.1. The number of hydrogen-bond acceptors (Lipinski definition) is 3. The Labute approximate surface area is 170 Å². The molecule has 0 saturated carbocycles. The molecule has 0 N–H and O–H groups in total. The molecule has 4 heteroatoms. The molecule has 0 aromatic heterocycles. The molecule has 0 heterocycles. The molecule has 0 fully saturated rings. The third-order valence-electron chi connectivity index (χ3n) is 3.56. The van der Waals surface area contributed by atoms with Gasteiger partial charge >= 0.3 is 0 Å². The van der Waals surface area contributed by atoms with Gasteiger partial charge in [-0.1, -0.05) is 25.2 Å². The molecule has 0 radical (unpaired) electrons. The van der Waals surface area contributed by atoms with Crippen molar-refractivity contribution < 1.29 is 14.2 Å². The van der Waals surface area contributed by atoms with Crippen LogP contribution in [0.2, 0.25) is 0 Å². The smallest absolute Gasteiger partial charge is 0.119 e. The zero-order valence-corrected chi connectivity index (χ0v) is 17.3. The molecule has 3 nitrogen and oxygen atoms in total. The molecule has 2 aromatic rings. The predicted octanol–water partition coefficient (Wildman–Crippen LogP) is 4.90. The molecule has 0 bridgehead atoms. The van der Waals surface area contributed by atoms with Gasteiger partial charge in [-0.25, -0.2) is 0 Å². The largest absolute Gasteiger partial charge is 0.491 e. The lowest BCUT2D eigenvalue weighted by Crippen LogP contribution is -2.11. The highest BCUT2D eigenvalue weighted by Crippen LogP contribution is 2.12. The fourth-order valence-corrected chi connectivity index (χ4v) is 2.46. The molecule has 0 spiro atoms. The van der Waals surface area contributed by atoms with Gasteiger partial charge in [0.25, 0.3) is 0 Å². The Morgan fingerprint density at radius 2 is 1.27 bits per heavy atom. The minimum Gasteiger partial charge on any atom is -0.491 e. The number of hydrogen-bond donors (Lipinski definition) is 0. The number of ether oxygens (including phenoxy) is 3. The highest BCUT2D eigenvalue weighted by Gasteiger charge is 1.95. The molecule has 0 atom stereocenters. The Morgan fingerprint density at radius 1 is 0.731 bits per heavy atom. The van der Waals surface area contributed by atoms with Crippen LogP contribution in [0.25, 0.3) is 0 Å². The third kappa shape index (κ3) is 8.70. The number of rotatable bonds is 10. The van der Waals surface area contributed by atoms with Crippen molar-refractivity contribution in [2.45, 2.75) is 19.8 Å². The van der Waals surface area contributed by atoms with Crippen molar-refractivity contribution in [3.05, 3.63) is 63.2 Å². The summed E-state index contributed by atoms with van der Waals surface area (Å²) in [6.07, 6.45) is 2.26. The molecule has 0 aliphatic heterocycles. The Morgan fingerprint density at radius 3 is 1.88 bits per heavy atom. The zero-order chi connectivity index (χ0) is 18.5. The molecule has 2 aromatic carbocycles. The van der Waals surface area contributed by atoms with E-state index in [2.05, 4.69) is 53.5 Å². The van der Waals surface area contributed by atoms with Crippen molar-refractivity contribution in [3.8, 4) is 17.6 Å². The Balaban J connectivity index is 1.64. The van der Waals surface area contributed by atoms with E-state index in [4.69, 9.17) is 14.2 Å². The maximum absolute atomic E-state index is 5.67. The summed E-state index contributed by atoms with van der Waals surface area (Å²) in [6, 6.07) is 16.0. The molecule has 0 aliphatic carbocycles. The first-order valence-corrected chi connectivity index (χ1v) is 10.0. The van der Waals surface area contributed by atoms with Crippen molar-refractivity contribution in [3.63, 3.8) is 0 Å². The fraction of sp³-hybridized carbons (Fsp3) is 0.364. The minimum atomic E-state index is 0.530. The van der Waals surface area contributed by atoms with E-state index < -0.39 is 0 Å². The lowest BCUT2D eigenvalue weighted by molar-refractivity contribution is 0.0356. The average molecular weight is 464 g/mol. The first-order chi connectivity index (χ1) is 12.8. The third-order valence-corrected chi connectivity index (χ3v) is 4.28. The fourth-order valence-electron chi connectivity index (χ4n) is 2.10. The Bertz CT molecular complexity index is 684. The molecular weight excluding hydrogens is 439 g/mol.